The third-order valence-corrected chi connectivity index (χ3v) is 6.01. The number of anilines is 1. The van der Waals surface area contributed by atoms with Crippen molar-refractivity contribution in [3.63, 3.8) is 0 Å². The summed E-state index contributed by atoms with van der Waals surface area (Å²) in [5, 5.41) is 13.4. The number of carbonyl (C=O) groups excluding carboxylic acids is 2. The number of rotatable bonds is 6. The van der Waals surface area contributed by atoms with Crippen molar-refractivity contribution in [1.82, 2.24) is 0 Å². The molecule has 0 spiro atoms. The molecular weight excluding hydrogens is 430 g/mol. The molecule has 4 nitrogen and oxygen atoms in total. The highest BCUT2D eigenvalue weighted by molar-refractivity contribution is 9.10. The quantitative estimate of drug-likeness (QED) is 0.523. The van der Waals surface area contributed by atoms with Crippen molar-refractivity contribution in [3.05, 3.63) is 76.3 Å². The Morgan fingerprint density at radius 1 is 1.07 bits per heavy atom. The fourth-order valence-corrected chi connectivity index (χ4v) is 4.29. The van der Waals surface area contributed by atoms with E-state index in [1.54, 1.807) is 17.0 Å². The summed E-state index contributed by atoms with van der Waals surface area (Å²) < 4.78 is 0.762. The minimum atomic E-state index is -1.85. The molecule has 0 radical (unpaired) electrons. The van der Waals surface area contributed by atoms with E-state index in [4.69, 9.17) is 0 Å². The lowest BCUT2D eigenvalue weighted by Gasteiger charge is -2.22. The second kappa shape index (κ2) is 7.73. The van der Waals surface area contributed by atoms with Crippen LogP contribution in [0, 0.1) is 0 Å². The Bertz CT molecular complexity index is 1110. The summed E-state index contributed by atoms with van der Waals surface area (Å²) in [5.41, 5.74) is -0.189. The SMILES string of the molecule is CCCCN1C(=O)[C@](O)(CC(=O)c2ccc3ccccc3c2)c2cc(Br)ccc21. The van der Waals surface area contributed by atoms with Crippen LogP contribution in [0.3, 0.4) is 0 Å². The molecule has 1 atom stereocenters. The second-order valence-electron chi connectivity index (χ2n) is 7.49. The highest BCUT2D eigenvalue weighted by atomic mass is 79.9. The molecule has 1 amide bonds. The third-order valence-electron chi connectivity index (χ3n) is 5.52. The van der Waals surface area contributed by atoms with Gasteiger partial charge in [0, 0.05) is 22.1 Å². The summed E-state index contributed by atoms with van der Waals surface area (Å²) in [6.07, 6.45) is 1.48. The highest BCUT2D eigenvalue weighted by Crippen LogP contribution is 2.44. The van der Waals surface area contributed by atoms with Crippen LogP contribution in [0.15, 0.2) is 65.1 Å². The van der Waals surface area contributed by atoms with Crippen LogP contribution >= 0.6 is 15.9 Å². The van der Waals surface area contributed by atoms with Gasteiger partial charge < -0.3 is 10.0 Å². The Labute approximate surface area is 178 Å². The number of Topliss-reactive ketones (excluding diaryl/α,β-unsaturated/α-hetero) is 1. The Kier molecular flexibility index (Phi) is 5.28. The molecule has 0 bridgehead atoms. The lowest BCUT2D eigenvalue weighted by molar-refractivity contribution is -0.135. The number of benzene rings is 3. The average Bonchev–Trinajstić information content (AvgIpc) is 2.92. The lowest BCUT2D eigenvalue weighted by atomic mass is 9.87. The number of halogens is 1. The number of hydrogen-bond donors (Lipinski definition) is 1. The van der Waals surface area contributed by atoms with Crippen molar-refractivity contribution < 1.29 is 14.7 Å². The van der Waals surface area contributed by atoms with Gasteiger partial charge in [-0.05, 0) is 41.5 Å². The molecule has 0 fully saturated rings. The van der Waals surface area contributed by atoms with Crippen molar-refractivity contribution in [2.75, 3.05) is 11.4 Å². The lowest BCUT2D eigenvalue weighted by Crippen LogP contribution is -2.42. The van der Waals surface area contributed by atoms with E-state index in [1.807, 2.05) is 48.5 Å². The molecule has 4 rings (SSSR count). The molecule has 0 aliphatic carbocycles. The van der Waals surface area contributed by atoms with Crippen molar-refractivity contribution in [2.45, 2.75) is 31.8 Å². The van der Waals surface area contributed by atoms with Crippen molar-refractivity contribution >= 4 is 44.1 Å². The fourth-order valence-electron chi connectivity index (χ4n) is 3.93. The van der Waals surface area contributed by atoms with Crippen LogP contribution in [0.4, 0.5) is 5.69 Å². The summed E-state index contributed by atoms with van der Waals surface area (Å²) in [6, 6.07) is 18.7. The number of unbranched alkanes of at least 4 members (excludes halogenated alkanes) is 1. The van der Waals surface area contributed by atoms with Crippen LogP contribution in [0.2, 0.25) is 0 Å². The molecule has 1 heterocycles. The van der Waals surface area contributed by atoms with E-state index in [0.29, 0.717) is 23.4 Å². The maximum Gasteiger partial charge on any atom is 0.264 e. The van der Waals surface area contributed by atoms with Gasteiger partial charge in [-0.2, -0.15) is 0 Å². The third kappa shape index (κ3) is 3.49. The predicted molar refractivity (Wildman–Crippen MR) is 118 cm³/mol. The highest BCUT2D eigenvalue weighted by Gasteiger charge is 2.50. The summed E-state index contributed by atoms with van der Waals surface area (Å²) in [5.74, 6) is -0.678. The normalized spacial score (nSPS) is 18.3. The molecule has 3 aromatic carbocycles. The molecule has 0 aromatic heterocycles. The van der Waals surface area contributed by atoms with Crippen molar-refractivity contribution in [3.8, 4) is 0 Å². The Morgan fingerprint density at radius 3 is 2.59 bits per heavy atom. The minimum absolute atomic E-state index is 0.255. The average molecular weight is 452 g/mol. The van der Waals surface area contributed by atoms with Crippen molar-refractivity contribution in [2.24, 2.45) is 0 Å². The van der Waals surface area contributed by atoms with E-state index >= 15 is 0 Å². The molecule has 29 heavy (non-hydrogen) atoms. The summed E-state index contributed by atoms with van der Waals surface area (Å²) in [4.78, 5) is 27.9. The van der Waals surface area contributed by atoms with Gasteiger partial charge in [0.1, 0.15) is 0 Å². The summed E-state index contributed by atoms with van der Waals surface area (Å²) in [7, 11) is 0. The Hall–Kier alpha value is -2.50. The first-order chi connectivity index (χ1) is 13.9. The van der Waals surface area contributed by atoms with Gasteiger partial charge in [0.15, 0.2) is 11.4 Å². The number of ketones is 1. The van der Waals surface area contributed by atoms with Crippen LogP contribution < -0.4 is 4.90 Å². The summed E-state index contributed by atoms with van der Waals surface area (Å²) in [6.45, 7) is 2.58. The number of nitrogens with zero attached hydrogens (tertiary/aromatic N) is 1. The minimum Gasteiger partial charge on any atom is -0.375 e. The summed E-state index contributed by atoms with van der Waals surface area (Å²) >= 11 is 3.42. The van der Waals surface area contributed by atoms with Crippen molar-refractivity contribution in [1.29, 1.82) is 0 Å². The smallest absolute Gasteiger partial charge is 0.264 e. The molecule has 5 heteroatoms. The molecule has 0 unspecified atom stereocenters. The van der Waals surface area contributed by atoms with Crippen LogP contribution in [0.5, 0.6) is 0 Å². The molecule has 1 N–H and O–H groups in total. The van der Waals surface area contributed by atoms with Crippen LogP contribution in [0.25, 0.3) is 10.8 Å². The molecule has 3 aromatic rings. The van der Waals surface area contributed by atoms with E-state index in [-0.39, 0.29) is 12.2 Å². The van der Waals surface area contributed by atoms with Crippen LogP contribution in [-0.4, -0.2) is 23.3 Å². The van der Waals surface area contributed by atoms with Gasteiger partial charge in [-0.15, -0.1) is 0 Å². The zero-order valence-corrected chi connectivity index (χ0v) is 17.8. The maximum atomic E-state index is 13.2. The van der Waals surface area contributed by atoms with Gasteiger partial charge in [-0.1, -0.05) is 65.7 Å². The second-order valence-corrected chi connectivity index (χ2v) is 8.41. The number of aliphatic hydroxyl groups is 1. The van der Waals surface area contributed by atoms with Gasteiger partial charge in [0.25, 0.3) is 5.91 Å². The topological polar surface area (TPSA) is 57.6 Å². The van der Waals surface area contributed by atoms with Gasteiger partial charge in [-0.25, -0.2) is 0 Å². The zero-order valence-electron chi connectivity index (χ0n) is 16.2. The van der Waals surface area contributed by atoms with Gasteiger partial charge >= 0.3 is 0 Å². The molecule has 1 aliphatic heterocycles. The molecule has 1 aliphatic rings. The van der Waals surface area contributed by atoms with Gasteiger partial charge in [0.05, 0.1) is 12.1 Å². The predicted octanol–water partition coefficient (Wildman–Crippen LogP) is 5.21. The first kappa shape index (κ1) is 19.8. The van der Waals surface area contributed by atoms with Crippen LogP contribution in [-0.2, 0) is 10.4 Å². The fraction of sp³-hybridized carbons (Fsp3) is 0.250. The van der Waals surface area contributed by atoms with Gasteiger partial charge in [0.2, 0.25) is 0 Å². The number of amides is 1. The Balaban J connectivity index is 1.70. The van der Waals surface area contributed by atoms with E-state index in [0.717, 1.165) is 28.1 Å². The molecule has 148 valence electrons. The van der Waals surface area contributed by atoms with E-state index in [9.17, 15) is 14.7 Å². The number of fused-ring (bicyclic) bond motifs is 2. The maximum absolute atomic E-state index is 13.2. The van der Waals surface area contributed by atoms with Gasteiger partial charge in [-0.3, -0.25) is 9.59 Å². The van der Waals surface area contributed by atoms with E-state index in [2.05, 4.69) is 22.9 Å². The molecular formula is C24H22BrNO3. The largest absolute Gasteiger partial charge is 0.375 e. The van der Waals surface area contributed by atoms with E-state index < -0.39 is 11.5 Å². The Morgan fingerprint density at radius 2 is 1.83 bits per heavy atom. The molecule has 0 saturated carbocycles. The zero-order chi connectivity index (χ0) is 20.6. The number of carbonyl (C=O) groups is 2. The molecule has 0 saturated heterocycles. The first-order valence-corrected chi connectivity index (χ1v) is 10.6. The standard InChI is InChI=1S/C24H22BrNO3/c1-2-3-12-26-21-11-10-19(25)14-20(21)24(29,23(26)28)15-22(27)18-9-8-16-6-4-5-7-17(16)13-18/h4-11,13-14,29H,2-3,12,15H2,1H3/t24-/m0/s1. The van der Waals surface area contributed by atoms with E-state index in [1.165, 1.54) is 0 Å². The number of hydrogen-bond acceptors (Lipinski definition) is 3. The first-order valence-electron chi connectivity index (χ1n) is 9.80. The monoisotopic (exact) mass is 451 g/mol. The van der Waals surface area contributed by atoms with Crippen LogP contribution in [0.1, 0.15) is 42.1 Å².